The molecule has 1 saturated carbocycles. The van der Waals surface area contributed by atoms with Crippen LogP contribution in [0.5, 0.6) is 0 Å². The minimum atomic E-state index is -0.794. The van der Waals surface area contributed by atoms with Crippen molar-refractivity contribution in [1.82, 2.24) is 10.2 Å². The maximum Gasteiger partial charge on any atom is 0.317 e. The van der Waals surface area contributed by atoms with Crippen molar-refractivity contribution in [1.29, 1.82) is 0 Å². The number of hydrogen-bond donors (Lipinski definition) is 2. The summed E-state index contributed by atoms with van der Waals surface area (Å²) in [4.78, 5) is 24.6. The molecule has 2 unspecified atom stereocenters. The van der Waals surface area contributed by atoms with Crippen LogP contribution in [0.1, 0.15) is 32.6 Å². The summed E-state index contributed by atoms with van der Waals surface area (Å²) in [6.45, 7) is 3.72. The van der Waals surface area contributed by atoms with Gasteiger partial charge in [0.05, 0.1) is 5.92 Å². The molecule has 2 rings (SSSR count). The number of aliphatic carboxylic acids is 1. The average molecular weight is 254 g/mol. The van der Waals surface area contributed by atoms with E-state index < -0.39 is 11.9 Å². The lowest BCUT2D eigenvalue weighted by Crippen LogP contribution is -2.49. The van der Waals surface area contributed by atoms with Gasteiger partial charge >= 0.3 is 12.0 Å². The highest BCUT2D eigenvalue weighted by Crippen LogP contribution is 2.31. The van der Waals surface area contributed by atoms with Crippen LogP contribution in [0, 0.1) is 17.8 Å². The first-order chi connectivity index (χ1) is 8.56. The summed E-state index contributed by atoms with van der Waals surface area (Å²) >= 11 is 0. The van der Waals surface area contributed by atoms with Crippen molar-refractivity contribution in [3.05, 3.63) is 0 Å². The average Bonchev–Trinajstić information content (AvgIpc) is 3.12. The van der Waals surface area contributed by atoms with Gasteiger partial charge in [-0.05, 0) is 24.7 Å². The predicted octanol–water partition coefficient (Wildman–Crippen LogP) is 1.54. The highest BCUT2D eigenvalue weighted by atomic mass is 16.4. The number of amides is 2. The Bertz CT molecular complexity index is 328. The van der Waals surface area contributed by atoms with E-state index in [0.29, 0.717) is 26.1 Å². The smallest absolute Gasteiger partial charge is 0.317 e. The van der Waals surface area contributed by atoms with Gasteiger partial charge in [-0.3, -0.25) is 4.79 Å². The molecular formula is C13H22N2O3. The molecular weight excluding hydrogens is 232 g/mol. The van der Waals surface area contributed by atoms with Crippen LogP contribution in [0.2, 0.25) is 0 Å². The van der Waals surface area contributed by atoms with E-state index in [4.69, 9.17) is 5.11 Å². The lowest BCUT2D eigenvalue weighted by molar-refractivity contribution is -0.143. The van der Waals surface area contributed by atoms with Gasteiger partial charge in [-0.15, -0.1) is 0 Å². The normalized spacial score (nSPS) is 27.9. The number of piperidine rings is 1. The van der Waals surface area contributed by atoms with Crippen LogP contribution in [0.25, 0.3) is 0 Å². The molecule has 2 amide bonds. The number of rotatable bonds is 4. The summed E-state index contributed by atoms with van der Waals surface area (Å²) < 4.78 is 0. The number of hydrogen-bond acceptors (Lipinski definition) is 2. The van der Waals surface area contributed by atoms with Gasteiger partial charge < -0.3 is 15.3 Å². The fraction of sp³-hybridized carbons (Fsp3) is 0.846. The van der Waals surface area contributed by atoms with Gasteiger partial charge in [0, 0.05) is 19.6 Å². The zero-order chi connectivity index (χ0) is 13.1. The van der Waals surface area contributed by atoms with Gasteiger partial charge in [0.1, 0.15) is 0 Å². The molecule has 1 saturated heterocycles. The highest BCUT2D eigenvalue weighted by molar-refractivity contribution is 5.76. The van der Waals surface area contributed by atoms with E-state index in [9.17, 15) is 9.59 Å². The number of carbonyl (C=O) groups excluding carboxylic acids is 1. The van der Waals surface area contributed by atoms with Crippen molar-refractivity contribution >= 4 is 12.0 Å². The largest absolute Gasteiger partial charge is 0.481 e. The fourth-order valence-corrected chi connectivity index (χ4v) is 2.60. The number of carbonyl (C=O) groups is 2. The van der Waals surface area contributed by atoms with Crippen LogP contribution >= 0.6 is 0 Å². The third-order valence-electron chi connectivity index (χ3n) is 3.82. The summed E-state index contributed by atoms with van der Waals surface area (Å²) in [6.07, 6.45) is 4.30. The molecule has 1 aliphatic heterocycles. The number of carboxylic acid groups (broad SMARTS) is 1. The maximum atomic E-state index is 11.9. The molecule has 102 valence electrons. The molecule has 0 radical (unpaired) electrons. The SMILES string of the molecule is CC1CC(C(=O)O)CN(C(=O)NCCC2CC2)C1. The van der Waals surface area contributed by atoms with Crippen molar-refractivity contribution in [3.63, 3.8) is 0 Å². The summed E-state index contributed by atoms with van der Waals surface area (Å²) in [5.74, 6) is -0.147. The molecule has 5 nitrogen and oxygen atoms in total. The first-order valence-corrected chi connectivity index (χ1v) is 6.82. The van der Waals surface area contributed by atoms with Crippen molar-refractivity contribution in [2.75, 3.05) is 19.6 Å². The zero-order valence-corrected chi connectivity index (χ0v) is 10.9. The molecule has 0 aromatic heterocycles. The topological polar surface area (TPSA) is 69.6 Å². The Kier molecular flexibility index (Phi) is 4.09. The Balaban J connectivity index is 1.78. The molecule has 2 atom stereocenters. The maximum absolute atomic E-state index is 11.9. The minimum Gasteiger partial charge on any atom is -0.481 e. The Morgan fingerprint density at radius 1 is 1.33 bits per heavy atom. The summed E-state index contributed by atoms with van der Waals surface area (Å²) in [5, 5.41) is 12.0. The summed E-state index contributed by atoms with van der Waals surface area (Å²) in [5.41, 5.74) is 0. The molecule has 0 spiro atoms. The Hall–Kier alpha value is -1.26. The van der Waals surface area contributed by atoms with Crippen LogP contribution in [0.15, 0.2) is 0 Å². The summed E-state index contributed by atoms with van der Waals surface area (Å²) in [6, 6.07) is -0.103. The van der Waals surface area contributed by atoms with Crippen molar-refractivity contribution in [3.8, 4) is 0 Å². The number of carboxylic acids is 1. The van der Waals surface area contributed by atoms with Gasteiger partial charge in [0.2, 0.25) is 0 Å². The third kappa shape index (κ3) is 3.62. The molecule has 0 aromatic rings. The fourth-order valence-electron chi connectivity index (χ4n) is 2.60. The van der Waals surface area contributed by atoms with Gasteiger partial charge in [0.15, 0.2) is 0 Å². The first kappa shape index (κ1) is 13.2. The standard InChI is InChI=1S/C13H22N2O3/c1-9-6-11(12(16)17)8-15(7-9)13(18)14-5-4-10-2-3-10/h9-11H,2-8H2,1H3,(H,14,18)(H,16,17). The molecule has 1 heterocycles. The van der Waals surface area contributed by atoms with E-state index in [2.05, 4.69) is 5.32 Å². The van der Waals surface area contributed by atoms with E-state index in [-0.39, 0.29) is 11.9 Å². The van der Waals surface area contributed by atoms with E-state index in [1.54, 1.807) is 4.90 Å². The quantitative estimate of drug-likeness (QED) is 0.799. The third-order valence-corrected chi connectivity index (χ3v) is 3.82. The van der Waals surface area contributed by atoms with Crippen LogP contribution in [0.3, 0.4) is 0 Å². The lowest BCUT2D eigenvalue weighted by atomic mass is 9.91. The van der Waals surface area contributed by atoms with Gasteiger partial charge in [-0.25, -0.2) is 4.79 Å². The number of nitrogens with one attached hydrogen (secondary N) is 1. The zero-order valence-electron chi connectivity index (χ0n) is 10.9. The molecule has 2 N–H and O–H groups in total. The van der Waals surface area contributed by atoms with Crippen molar-refractivity contribution < 1.29 is 14.7 Å². The van der Waals surface area contributed by atoms with Gasteiger partial charge in [0.25, 0.3) is 0 Å². The van der Waals surface area contributed by atoms with Crippen molar-refractivity contribution in [2.45, 2.75) is 32.6 Å². The van der Waals surface area contributed by atoms with E-state index in [1.165, 1.54) is 12.8 Å². The molecule has 0 aromatic carbocycles. The predicted molar refractivity (Wildman–Crippen MR) is 67.2 cm³/mol. The van der Waals surface area contributed by atoms with Gasteiger partial charge in [-0.2, -0.15) is 0 Å². The van der Waals surface area contributed by atoms with Crippen LogP contribution in [0.4, 0.5) is 4.79 Å². The summed E-state index contributed by atoms with van der Waals surface area (Å²) in [7, 11) is 0. The molecule has 2 fully saturated rings. The second-order valence-corrected chi connectivity index (χ2v) is 5.74. The Morgan fingerprint density at radius 3 is 2.67 bits per heavy atom. The second-order valence-electron chi connectivity index (χ2n) is 5.74. The lowest BCUT2D eigenvalue weighted by Gasteiger charge is -2.34. The molecule has 18 heavy (non-hydrogen) atoms. The minimum absolute atomic E-state index is 0.103. The van der Waals surface area contributed by atoms with Crippen LogP contribution < -0.4 is 5.32 Å². The van der Waals surface area contributed by atoms with E-state index in [1.807, 2.05) is 6.92 Å². The van der Waals surface area contributed by atoms with Gasteiger partial charge in [-0.1, -0.05) is 19.8 Å². The second kappa shape index (κ2) is 5.59. The van der Waals surface area contributed by atoms with Crippen LogP contribution in [-0.2, 0) is 4.79 Å². The monoisotopic (exact) mass is 254 g/mol. The van der Waals surface area contributed by atoms with Crippen molar-refractivity contribution in [2.24, 2.45) is 17.8 Å². The Morgan fingerprint density at radius 2 is 2.06 bits per heavy atom. The number of likely N-dealkylation sites (tertiary alicyclic amines) is 1. The highest BCUT2D eigenvalue weighted by Gasteiger charge is 2.31. The first-order valence-electron chi connectivity index (χ1n) is 6.82. The molecule has 1 aliphatic carbocycles. The Labute approximate surface area is 108 Å². The van der Waals surface area contributed by atoms with Crippen LogP contribution in [-0.4, -0.2) is 41.6 Å². The molecule has 2 aliphatic rings. The molecule has 5 heteroatoms. The van der Waals surface area contributed by atoms with E-state index >= 15 is 0 Å². The number of urea groups is 1. The van der Waals surface area contributed by atoms with E-state index in [0.717, 1.165) is 12.3 Å². The molecule has 0 bridgehead atoms. The number of nitrogens with zero attached hydrogens (tertiary/aromatic N) is 1.